The summed E-state index contributed by atoms with van der Waals surface area (Å²) in [6, 6.07) is 11.0. The van der Waals surface area contributed by atoms with Crippen LogP contribution < -0.4 is 15.0 Å². The van der Waals surface area contributed by atoms with Crippen LogP contribution in [0.15, 0.2) is 47.4 Å². The van der Waals surface area contributed by atoms with Crippen molar-refractivity contribution < 1.29 is 27.5 Å². The lowest BCUT2D eigenvalue weighted by molar-refractivity contribution is -0.121. The van der Waals surface area contributed by atoms with Gasteiger partial charge in [0, 0.05) is 30.9 Å². The van der Waals surface area contributed by atoms with Gasteiger partial charge in [0.25, 0.3) is 11.8 Å². The van der Waals surface area contributed by atoms with Gasteiger partial charge in [-0.3, -0.25) is 9.59 Å². The Bertz CT molecular complexity index is 1110. The summed E-state index contributed by atoms with van der Waals surface area (Å²) >= 11 is 0. The maximum atomic E-state index is 12.7. The van der Waals surface area contributed by atoms with Gasteiger partial charge in [0.2, 0.25) is 10.0 Å². The van der Waals surface area contributed by atoms with E-state index in [1.807, 2.05) is 6.92 Å². The highest BCUT2D eigenvalue weighted by Crippen LogP contribution is 2.34. The molecule has 0 atom stereocenters. The van der Waals surface area contributed by atoms with Crippen LogP contribution in [0.3, 0.4) is 0 Å². The smallest absolute Gasteiger partial charge is 0.265 e. The van der Waals surface area contributed by atoms with Crippen LogP contribution >= 0.6 is 0 Å². The van der Waals surface area contributed by atoms with Gasteiger partial charge in [-0.05, 0) is 48.9 Å². The van der Waals surface area contributed by atoms with E-state index in [2.05, 4.69) is 5.32 Å². The molecule has 4 rings (SSSR count). The van der Waals surface area contributed by atoms with Crippen molar-refractivity contribution in [2.45, 2.75) is 18.2 Å². The van der Waals surface area contributed by atoms with E-state index in [0.717, 1.165) is 6.42 Å². The van der Waals surface area contributed by atoms with E-state index < -0.39 is 10.0 Å². The minimum absolute atomic E-state index is 0.00157. The average Bonchev–Trinajstić information content (AvgIpc) is 2.81. The van der Waals surface area contributed by atoms with Crippen molar-refractivity contribution in [3.63, 3.8) is 0 Å². The molecule has 0 bridgehead atoms. The molecule has 2 aliphatic heterocycles. The Kier molecular flexibility index (Phi) is 6.45. The fourth-order valence-corrected chi connectivity index (χ4v) is 5.07. The molecule has 1 N–H and O–H groups in total. The zero-order chi connectivity index (χ0) is 22.7. The fourth-order valence-electron chi connectivity index (χ4n) is 3.67. The van der Waals surface area contributed by atoms with Gasteiger partial charge in [-0.25, -0.2) is 8.42 Å². The number of ether oxygens (including phenoxy) is 2. The fraction of sp³-hybridized carbons (Fsp3) is 0.364. The van der Waals surface area contributed by atoms with Gasteiger partial charge in [-0.2, -0.15) is 4.31 Å². The van der Waals surface area contributed by atoms with E-state index in [9.17, 15) is 18.0 Å². The molecule has 2 aromatic rings. The topological polar surface area (TPSA) is 105 Å². The molecule has 0 unspecified atom stereocenters. The third kappa shape index (κ3) is 4.47. The van der Waals surface area contributed by atoms with Gasteiger partial charge in [-0.15, -0.1) is 0 Å². The monoisotopic (exact) mass is 459 g/mol. The van der Waals surface area contributed by atoms with Crippen LogP contribution in [0.4, 0.5) is 11.4 Å². The first kappa shape index (κ1) is 22.3. The van der Waals surface area contributed by atoms with E-state index >= 15 is 0 Å². The number of sulfonamides is 1. The number of nitrogens with one attached hydrogen (secondary N) is 1. The molecule has 0 spiro atoms. The zero-order valence-electron chi connectivity index (χ0n) is 17.7. The molecule has 1 saturated heterocycles. The number of nitrogens with zero attached hydrogens (tertiary/aromatic N) is 2. The number of carbonyl (C=O) groups excluding carboxylic acids is 2. The van der Waals surface area contributed by atoms with E-state index in [1.165, 1.54) is 28.6 Å². The predicted octanol–water partition coefficient (Wildman–Crippen LogP) is 2.10. The minimum atomic E-state index is -3.62. The second-order valence-corrected chi connectivity index (χ2v) is 9.45. The average molecular weight is 460 g/mol. The summed E-state index contributed by atoms with van der Waals surface area (Å²) in [5, 5.41) is 2.80. The first-order valence-corrected chi connectivity index (χ1v) is 11.9. The van der Waals surface area contributed by atoms with E-state index in [-0.39, 0.29) is 23.3 Å². The van der Waals surface area contributed by atoms with Crippen LogP contribution in [0.2, 0.25) is 0 Å². The summed E-state index contributed by atoms with van der Waals surface area (Å²) in [4.78, 5) is 26.7. The van der Waals surface area contributed by atoms with Crippen molar-refractivity contribution in [1.82, 2.24) is 4.31 Å². The Morgan fingerprint density at radius 1 is 1.09 bits per heavy atom. The van der Waals surface area contributed by atoms with Crippen LogP contribution in [-0.4, -0.2) is 64.0 Å². The van der Waals surface area contributed by atoms with Gasteiger partial charge in [0.15, 0.2) is 6.61 Å². The van der Waals surface area contributed by atoms with Crippen molar-refractivity contribution in [3.8, 4) is 5.75 Å². The van der Waals surface area contributed by atoms with Gasteiger partial charge < -0.3 is 19.7 Å². The SMILES string of the molecule is CCCN1C(=O)COc2ccc(NC(=O)c3ccc(S(=O)(=O)N4CCOCC4)cc3)cc21. The molecule has 10 heteroatoms. The highest BCUT2D eigenvalue weighted by molar-refractivity contribution is 7.89. The van der Waals surface area contributed by atoms with Crippen LogP contribution in [0.1, 0.15) is 23.7 Å². The molecule has 0 saturated carbocycles. The van der Waals surface area contributed by atoms with Gasteiger partial charge >= 0.3 is 0 Å². The Morgan fingerprint density at radius 3 is 2.50 bits per heavy atom. The Balaban J connectivity index is 1.49. The summed E-state index contributed by atoms with van der Waals surface area (Å²) in [6.45, 7) is 3.90. The largest absolute Gasteiger partial charge is 0.482 e. The predicted molar refractivity (Wildman–Crippen MR) is 119 cm³/mol. The number of anilines is 2. The van der Waals surface area contributed by atoms with E-state index in [4.69, 9.17) is 9.47 Å². The Morgan fingerprint density at radius 2 is 1.81 bits per heavy atom. The number of amides is 2. The molecule has 32 heavy (non-hydrogen) atoms. The van der Waals surface area contributed by atoms with Gasteiger partial charge in [0.05, 0.1) is 23.8 Å². The standard InChI is InChI=1S/C22H25N3O6S/c1-2-9-25-19-14-17(5-8-20(19)31-15-21(25)26)23-22(27)16-3-6-18(7-4-16)32(28,29)24-10-12-30-13-11-24/h3-8,14H,2,9-13,15H2,1H3,(H,23,27). The van der Waals surface area contributed by atoms with Crippen molar-refractivity contribution in [2.24, 2.45) is 0 Å². The normalized spacial score (nSPS) is 16.9. The van der Waals surface area contributed by atoms with E-state index in [0.29, 0.717) is 55.5 Å². The molecule has 2 aliphatic rings. The number of benzene rings is 2. The van der Waals surface area contributed by atoms with Crippen molar-refractivity contribution in [1.29, 1.82) is 0 Å². The van der Waals surface area contributed by atoms with Crippen molar-refractivity contribution in [2.75, 3.05) is 49.7 Å². The molecule has 0 radical (unpaired) electrons. The number of rotatable bonds is 6. The Hall–Kier alpha value is -2.95. The van der Waals surface area contributed by atoms with Crippen LogP contribution in [-0.2, 0) is 19.6 Å². The molecule has 9 nitrogen and oxygen atoms in total. The maximum absolute atomic E-state index is 12.7. The molecular weight excluding hydrogens is 434 g/mol. The van der Waals surface area contributed by atoms with Crippen molar-refractivity contribution in [3.05, 3.63) is 48.0 Å². The molecular formula is C22H25N3O6S. The van der Waals surface area contributed by atoms with Crippen LogP contribution in [0.25, 0.3) is 0 Å². The molecule has 0 aliphatic carbocycles. The third-order valence-corrected chi connectivity index (χ3v) is 7.24. The zero-order valence-corrected chi connectivity index (χ0v) is 18.6. The lowest BCUT2D eigenvalue weighted by atomic mass is 10.1. The molecule has 2 heterocycles. The number of morpholine rings is 1. The molecule has 0 aromatic heterocycles. The lowest BCUT2D eigenvalue weighted by Gasteiger charge is -2.29. The number of hydrogen-bond acceptors (Lipinski definition) is 6. The highest BCUT2D eigenvalue weighted by atomic mass is 32.2. The summed E-state index contributed by atoms with van der Waals surface area (Å²) < 4.78 is 37.5. The number of hydrogen-bond donors (Lipinski definition) is 1. The molecule has 1 fully saturated rings. The number of carbonyl (C=O) groups is 2. The summed E-state index contributed by atoms with van der Waals surface area (Å²) in [7, 11) is -3.62. The van der Waals surface area contributed by atoms with Crippen LogP contribution in [0.5, 0.6) is 5.75 Å². The Labute approximate surface area is 187 Å². The quantitative estimate of drug-likeness (QED) is 0.709. The van der Waals surface area contributed by atoms with Crippen molar-refractivity contribution >= 4 is 33.2 Å². The molecule has 2 aromatic carbocycles. The van der Waals surface area contributed by atoms with Gasteiger partial charge in [0.1, 0.15) is 5.75 Å². The van der Waals surface area contributed by atoms with Crippen LogP contribution in [0, 0.1) is 0 Å². The summed E-state index contributed by atoms with van der Waals surface area (Å²) in [5.74, 6) is 0.0824. The van der Waals surface area contributed by atoms with Gasteiger partial charge in [-0.1, -0.05) is 6.92 Å². The lowest BCUT2D eigenvalue weighted by Crippen LogP contribution is -2.40. The third-order valence-electron chi connectivity index (χ3n) is 5.33. The highest BCUT2D eigenvalue weighted by Gasteiger charge is 2.27. The maximum Gasteiger partial charge on any atom is 0.265 e. The second-order valence-electron chi connectivity index (χ2n) is 7.51. The first-order chi connectivity index (χ1) is 15.4. The number of fused-ring (bicyclic) bond motifs is 1. The molecule has 2 amide bonds. The van der Waals surface area contributed by atoms with E-state index in [1.54, 1.807) is 23.1 Å². The summed E-state index contributed by atoms with van der Waals surface area (Å²) in [6.07, 6.45) is 0.793. The summed E-state index contributed by atoms with van der Waals surface area (Å²) in [5.41, 5.74) is 1.45. The second kappa shape index (κ2) is 9.27. The molecule has 170 valence electrons. The first-order valence-electron chi connectivity index (χ1n) is 10.5. The minimum Gasteiger partial charge on any atom is -0.482 e.